The average molecular weight is 494 g/mol. The molecule has 1 aliphatic heterocycles. The van der Waals surface area contributed by atoms with Gasteiger partial charge < -0.3 is 19.5 Å². The summed E-state index contributed by atoms with van der Waals surface area (Å²) in [6, 6.07) is 6.24. The van der Waals surface area contributed by atoms with E-state index in [4.69, 9.17) is 8.85 Å². The van der Waals surface area contributed by atoms with Gasteiger partial charge in [0.25, 0.3) is 5.91 Å². The molecule has 5 rings (SSSR count). The molecule has 0 saturated heterocycles. The average Bonchev–Trinajstić information content (AvgIpc) is 3.49. The van der Waals surface area contributed by atoms with E-state index in [1.165, 1.54) is 12.3 Å². The number of hydrogen-bond acceptors (Lipinski definition) is 7. The van der Waals surface area contributed by atoms with Gasteiger partial charge in [-0.2, -0.15) is 5.10 Å². The Balaban J connectivity index is 1.53. The summed E-state index contributed by atoms with van der Waals surface area (Å²) in [4.78, 5) is 28.4. The Kier molecular flexibility index (Phi) is 5.31. The third-order valence-electron chi connectivity index (χ3n) is 6.12. The number of rotatable bonds is 7. The molecule has 1 amide bonds. The Bertz CT molecular complexity index is 1530. The molecule has 36 heavy (non-hydrogen) atoms. The van der Waals surface area contributed by atoms with Crippen LogP contribution >= 0.6 is 0 Å². The van der Waals surface area contributed by atoms with E-state index in [1.807, 2.05) is 0 Å². The summed E-state index contributed by atoms with van der Waals surface area (Å²) < 4.78 is 46.8. The van der Waals surface area contributed by atoms with Gasteiger partial charge in [0, 0.05) is 49.8 Å². The van der Waals surface area contributed by atoms with Crippen LogP contribution in [-0.4, -0.2) is 59.9 Å². The van der Waals surface area contributed by atoms with Crippen LogP contribution in [0.2, 0.25) is 0 Å². The number of anilines is 2. The predicted octanol–water partition coefficient (Wildman–Crippen LogP) is 3.24. The molecule has 0 fully saturated rings. The molecule has 1 aliphatic rings. The predicted molar refractivity (Wildman–Crippen MR) is 131 cm³/mol. The summed E-state index contributed by atoms with van der Waals surface area (Å²) in [5, 5.41) is 7.11. The largest absolute Gasteiger partial charge is 0.382 e. The van der Waals surface area contributed by atoms with Gasteiger partial charge in [-0.15, -0.1) is 0 Å². The molecule has 11 heteroatoms. The summed E-state index contributed by atoms with van der Waals surface area (Å²) in [6.07, 6.45) is 4.45. The van der Waals surface area contributed by atoms with E-state index in [2.05, 4.69) is 25.4 Å². The van der Waals surface area contributed by atoms with Crippen molar-refractivity contribution in [3.63, 3.8) is 0 Å². The van der Waals surface area contributed by atoms with Crippen molar-refractivity contribution in [1.82, 2.24) is 34.2 Å². The third-order valence-corrected chi connectivity index (χ3v) is 6.12. The van der Waals surface area contributed by atoms with Crippen molar-refractivity contribution in [2.45, 2.75) is 32.9 Å². The Morgan fingerprint density at radius 3 is 2.86 bits per heavy atom. The second kappa shape index (κ2) is 9.50. The number of halogens is 1. The molecule has 1 N–H and O–H groups in total. The fourth-order valence-corrected chi connectivity index (χ4v) is 4.18. The van der Waals surface area contributed by atoms with Crippen molar-refractivity contribution in [2.75, 3.05) is 19.0 Å². The van der Waals surface area contributed by atoms with E-state index in [1.54, 1.807) is 65.8 Å². The number of carbonyl (C=O) groups is 1. The zero-order valence-electron chi connectivity index (χ0n) is 23.1. The number of hydrogen-bond donors (Lipinski definition) is 1. The minimum Gasteiger partial charge on any atom is -0.382 e. The van der Waals surface area contributed by atoms with Gasteiger partial charge in [-0.25, -0.2) is 19.3 Å². The number of benzene rings is 1. The first kappa shape index (κ1) is 20.1. The molecule has 10 nitrogen and oxygen atoms in total. The van der Waals surface area contributed by atoms with Gasteiger partial charge in [-0.3, -0.25) is 9.48 Å². The summed E-state index contributed by atoms with van der Waals surface area (Å²) in [5.74, 6) is 0.154. The Morgan fingerprint density at radius 1 is 1.28 bits per heavy atom. The number of nitrogens with zero attached hydrogens (tertiary/aromatic N) is 7. The summed E-state index contributed by atoms with van der Waals surface area (Å²) in [5.41, 5.74) is 1.36. The number of methoxy groups -OCH3 is 1. The van der Waals surface area contributed by atoms with Gasteiger partial charge in [0.1, 0.15) is 17.3 Å². The van der Waals surface area contributed by atoms with Crippen LogP contribution in [0.5, 0.6) is 0 Å². The van der Waals surface area contributed by atoms with Crippen molar-refractivity contribution in [3.05, 3.63) is 71.2 Å². The standard InChI is InChI=1S/C25H27FN8O2/c1-15-5-6-17(9-19(15)26)11-34-18(14-36-4)12-33-13-20(29-23(33)24(34)35)22-16(2)10-27-25(31-22)30-21-7-8-28-32(21)3/h5-10,13,18H,11-12,14H2,1-4H3,(H,27,30,31)/t18-/m1/s1/i2D3. The second-order valence-electron chi connectivity index (χ2n) is 8.65. The van der Waals surface area contributed by atoms with Crippen molar-refractivity contribution >= 4 is 17.7 Å². The highest BCUT2D eigenvalue weighted by molar-refractivity contribution is 5.92. The number of ether oxygens (including phenoxy) is 1. The van der Waals surface area contributed by atoms with E-state index in [-0.39, 0.29) is 59.6 Å². The highest BCUT2D eigenvalue weighted by Gasteiger charge is 2.35. The number of aromatic nitrogens is 6. The van der Waals surface area contributed by atoms with Crippen LogP contribution in [0.15, 0.2) is 42.9 Å². The molecule has 0 aliphatic carbocycles. The smallest absolute Gasteiger partial charge is 0.290 e. The van der Waals surface area contributed by atoms with E-state index in [0.29, 0.717) is 23.5 Å². The van der Waals surface area contributed by atoms with Gasteiger partial charge in [-0.05, 0) is 36.5 Å². The van der Waals surface area contributed by atoms with Crippen LogP contribution in [0.4, 0.5) is 16.2 Å². The van der Waals surface area contributed by atoms with Crippen LogP contribution < -0.4 is 5.32 Å². The molecule has 4 heterocycles. The lowest BCUT2D eigenvalue weighted by molar-refractivity contribution is 0.0380. The van der Waals surface area contributed by atoms with Crippen LogP contribution in [-0.2, 0) is 24.9 Å². The molecule has 3 aromatic heterocycles. The van der Waals surface area contributed by atoms with E-state index >= 15 is 0 Å². The van der Waals surface area contributed by atoms with Crippen molar-refractivity contribution in [3.8, 4) is 11.4 Å². The molecular weight excluding hydrogens is 463 g/mol. The van der Waals surface area contributed by atoms with Crippen molar-refractivity contribution in [2.24, 2.45) is 7.05 Å². The maximum atomic E-state index is 14.2. The molecular formula is C25H27FN8O2. The van der Waals surface area contributed by atoms with Crippen LogP contribution in [0, 0.1) is 19.6 Å². The quantitative estimate of drug-likeness (QED) is 0.422. The number of aryl methyl sites for hydroxylation is 3. The molecule has 0 radical (unpaired) electrons. The Hall–Kier alpha value is -4.12. The van der Waals surface area contributed by atoms with Crippen LogP contribution in [0.3, 0.4) is 0 Å². The minimum atomic E-state index is -2.52. The monoisotopic (exact) mass is 493 g/mol. The lowest BCUT2D eigenvalue weighted by atomic mass is 10.1. The first-order valence-electron chi connectivity index (χ1n) is 12.8. The Labute approximate surface area is 212 Å². The zero-order valence-corrected chi connectivity index (χ0v) is 20.1. The van der Waals surface area contributed by atoms with E-state index in [9.17, 15) is 9.18 Å². The van der Waals surface area contributed by atoms with Gasteiger partial charge >= 0.3 is 0 Å². The topological polar surface area (TPSA) is 103 Å². The van der Waals surface area contributed by atoms with E-state index in [0.717, 1.165) is 0 Å². The maximum absolute atomic E-state index is 14.2. The fraction of sp³-hybridized carbons (Fsp3) is 0.320. The number of carbonyl (C=O) groups excluding carboxylic acids is 1. The molecule has 0 bridgehead atoms. The highest BCUT2D eigenvalue weighted by Crippen LogP contribution is 2.27. The molecule has 0 spiro atoms. The Morgan fingerprint density at radius 2 is 2.14 bits per heavy atom. The van der Waals surface area contributed by atoms with Crippen LogP contribution in [0.1, 0.15) is 31.4 Å². The molecule has 0 saturated carbocycles. The van der Waals surface area contributed by atoms with Crippen LogP contribution in [0.25, 0.3) is 11.4 Å². The van der Waals surface area contributed by atoms with E-state index < -0.39 is 6.85 Å². The molecule has 0 unspecified atom stereocenters. The van der Waals surface area contributed by atoms with Gasteiger partial charge in [0.05, 0.1) is 24.5 Å². The number of imidazole rings is 1. The SMILES string of the molecule is [2H]C([2H])([2H])c1cnc(Nc2ccnn2C)nc1-c1cn2c(n1)C(=O)N(Cc1ccc(C)c(F)c1)[C@@H](COC)C2. The fourth-order valence-electron chi connectivity index (χ4n) is 4.18. The summed E-state index contributed by atoms with van der Waals surface area (Å²) >= 11 is 0. The lowest BCUT2D eigenvalue weighted by Crippen LogP contribution is -2.49. The van der Waals surface area contributed by atoms with Gasteiger partial charge in [0.2, 0.25) is 5.95 Å². The van der Waals surface area contributed by atoms with Gasteiger partial charge in [-0.1, -0.05) is 12.1 Å². The number of fused-ring (bicyclic) bond motifs is 1. The van der Waals surface area contributed by atoms with Gasteiger partial charge in [0.15, 0.2) is 5.82 Å². The molecule has 1 atom stereocenters. The normalized spacial score (nSPS) is 16.9. The summed E-state index contributed by atoms with van der Waals surface area (Å²) in [6.45, 7) is -0.0757. The number of amides is 1. The maximum Gasteiger partial charge on any atom is 0.290 e. The molecule has 1 aromatic carbocycles. The minimum absolute atomic E-state index is 0.0832. The van der Waals surface area contributed by atoms with Crippen molar-refractivity contribution in [1.29, 1.82) is 0 Å². The highest BCUT2D eigenvalue weighted by atomic mass is 19.1. The molecule has 186 valence electrons. The zero-order chi connectivity index (χ0) is 27.9. The van der Waals surface area contributed by atoms with Crippen molar-refractivity contribution < 1.29 is 18.0 Å². The third kappa shape index (κ3) is 4.44. The lowest BCUT2D eigenvalue weighted by Gasteiger charge is -2.35. The first-order valence-corrected chi connectivity index (χ1v) is 11.3. The number of nitrogens with one attached hydrogen (secondary N) is 1. The second-order valence-corrected chi connectivity index (χ2v) is 8.65. The summed E-state index contributed by atoms with van der Waals surface area (Å²) in [7, 11) is 3.28. The molecule has 4 aromatic rings. The first-order chi connectivity index (χ1) is 18.5.